The van der Waals surface area contributed by atoms with E-state index < -0.39 is 5.97 Å². The third kappa shape index (κ3) is 3.39. The number of ether oxygens (including phenoxy) is 1. The van der Waals surface area contributed by atoms with E-state index in [2.05, 4.69) is 26.0 Å². The standard InChI is InChI=1S/C16H18O3S/c1-3-11(2)12-4-6-14(7-5-12)19-10-13-8-9-20-15(13)16(17)18/h4-9,11H,3,10H2,1-2H3,(H,17,18). The summed E-state index contributed by atoms with van der Waals surface area (Å²) in [5.41, 5.74) is 2.01. The Kier molecular flexibility index (Phi) is 4.79. The zero-order chi connectivity index (χ0) is 14.5. The molecule has 0 saturated heterocycles. The van der Waals surface area contributed by atoms with E-state index >= 15 is 0 Å². The lowest BCUT2D eigenvalue weighted by Gasteiger charge is -2.10. The fraction of sp³-hybridized carbons (Fsp3) is 0.312. The molecule has 0 radical (unpaired) electrons. The van der Waals surface area contributed by atoms with Gasteiger partial charge in [-0.1, -0.05) is 26.0 Å². The summed E-state index contributed by atoms with van der Waals surface area (Å²) in [4.78, 5) is 11.4. The van der Waals surface area contributed by atoms with Crippen molar-refractivity contribution in [2.24, 2.45) is 0 Å². The van der Waals surface area contributed by atoms with Gasteiger partial charge in [0.05, 0.1) is 0 Å². The summed E-state index contributed by atoms with van der Waals surface area (Å²) in [7, 11) is 0. The van der Waals surface area contributed by atoms with Crippen molar-refractivity contribution in [2.75, 3.05) is 0 Å². The third-order valence-corrected chi connectivity index (χ3v) is 4.34. The molecular weight excluding hydrogens is 272 g/mol. The normalized spacial score (nSPS) is 12.1. The summed E-state index contributed by atoms with van der Waals surface area (Å²) in [5.74, 6) is 0.407. The van der Waals surface area contributed by atoms with Crippen molar-refractivity contribution in [1.82, 2.24) is 0 Å². The number of hydrogen-bond donors (Lipinski definition) is 1. The Morgan fingerprint density at radius 2 is 2.00 bits per heavy atom. The summed E-state index contributed by atoms with van der Waals surface area (Å²) < 4.78 is 5.65. The first-order valence-electron chi connectivity index (χ1n) is 6.64. The molecule has 106 valence electrons. The second-order valence-corrected chi connectivity index (χ2v) is 5.66. The number of carboxylic acid groups (broad SMARTS) is 1. The average molecular weight is 290 g/mol. The Labute approximate surface area is 122 Å². The van der Waals surface area contributed by atoms with E-state index in [0.29, 0.717) is 16.4 Å². The molecule has 3 nitrogen and oxygen atoms in total. The van der Waals surface area contributed by atoms with Gasteiger partial charge in [-0.05, 0) is 41.5 Å². The molecule has 2 rings (SSSR count). The van der Waals surface area contributed by atoms with Gasteiger partial charge in [-0.15, -0.1) is 11.3 Å². The van der Waals surface area contributed by atoms with Gasteiger partial charge in [-0.3, -0.25) is 0 Å². The van der Waals surface area contributed by atoms with E-state index in [1.807, 2.05) is 12.1 Å². The van der Waals surface area contributed by atoms with Gasteiger partial charge in [0.1, 0.15) is 17.2 Å². The molecule has 2 aromatic rings. The lowest BCUT2D eigenvalue weighted by molar-refractivity contribution is 0.0699. The zero-order valence-corrected chi connectivity index (χ0v) is 12.4. The molecule has 0 aliphatic heterocycles. The van der Waals surface area contributed by atoms with Crippen LogP contribution in [0.3, 0.4) is 0 Å². The summed E-state index contributed by atoms with van der Waals surface area (Å²) >= 11 is 1.22. The van der Waals surface area contributed by atoms with Crippen LogP contribution in [0.5, 0.6) is 5.75 Å². The van der Waals surface area contributed by atoms with E-state index in [0.717, 1.165) is 12.2 Å². The van der Waals surface area contributed by atoms with Crippen LogP contribution in [0.15, 0.2) is 35.7 Å². The van der Waals surface area contributed by atoms with Gasteiger partial charge in [0.15, 0.2) is 0 Å². The highest BCUT2D eigenvalue weighted by Crippen LogP contribution is 2.23. The van der Waals surface area contributed by atoms with Crippen LogP contribution in [0, 0.1) is 0 Å². The molecule has 4 heteroatoms. The highest BCUT2D eigenvalue weighted by Gasteiger charge is 2.12. The van der Waals surface area contributed by atoms with Crippen LogP contribution >= 0.6 is 11.3 Å². The molecule has 20 heavy (non-hydrogen) atoms. The molecule has 0 saturated carbocycles. The van der Waals surface area contributed by atoms with Crippen LogP contribution < -0.4 is 4.74 Å². The molecule has 1 unspecified atom stereocenters. The van der Waals surface area contributed by atoms with Gasteiger partial charge >= 0.3 is 5.97 Å². The van der Waals surface area contributed by atoms with Crippen molar-refractivity contribution < 1.29 is 14.6 Å². The van der Waals surface area contributed by atoms with Gasteiger partial charge in [-0.2, -0.15) is 0 Å². The molecule has 0 aliphatic rings. The Morgan fingerprint density at radius 1 is 1.30 bits per heavy atom. The monoisotopic (exact) mass is 290 g/mol. The SMILES string of the molecule is CCC(C)c1ccc(OCc2ccsc2C(=O)O)cc1. The fourth-order valence-corrected chi connectivity index (χ4v) is 2.67. The minimum atomic E-state index is -0.897. The maximum atomic E-state index is 11.0. The van der Waals surface area contributed by atoms with E-state index in [1.54, 1.807) is 11.4 Å². The van der Waals surface area contributed by atoms with E-state index in [4.69, 9.17) is 9.84 Å². The maximum absolute atomic E-state index is 11.0. The molecule has 1 heterocycles. The number of benzene rings is 1. The maximum Gasteiger partial charge on any atom is 0.346 e. The third-order valence-electron chi connectivity index (χ3n) is 3.40. The van der Waals surface area contributed by atoms with Gasteiger partial charge in [0.2, 0.25) is 0 Å². The van der Waals surface area contributed by atoms with Crippen molar-refractivity contribution in [2.45, 2.75) is 32.8 Å². The summed E-state index contributed by atoms with van der Waals surface area (Å²) in [5, 5.41) is 10.8. The smallest absolute Gasteiger partial charge is 0.346 e. The number of aromatic carboxylic acids is 1. The minimum Gasteiger partial charge on any atom is -0.489 e. The van der Waals surface area contributed by atoms with Crippen LogP contribution in [0.25, 0.3) is 0 Å². The topological polar surface area (TPSA) is 46.5 Å². The second-order valence-electron chi connectivity index (χ2n) is 4.75. The predicted molar refractivity (Wildman–Crippen MR) is 80.8 cm³/mol. The molecule has 0 fully saturated rings. The summed E-state index contributed by atoms with van der Waals surface area (Å²) in [6.07, 6.45) is 1.11. The number of carboxylic acids is 1. The largest absolute Gasteiger partial charge is 0.489 e. The quantitative estimate of drug-likeness (QED) is 0.849. The second kappa shape index (κ2) is 6.57. The van der Waals surface area contributed by atoms with E-state index in [9.17, 15) is 4.79 Å². The molecule has 1 aromatic carbocycles. The average Bonchev–Trinajstić information content (AvgIpc) is 2.93. The van der Waals surface area contributed by atoms with Crippen LogP contribution in [-0.4, -0.2) is 11.1 Å². The molecule has 1 aromatic heterocycles. The first-order chi connectivity index (χ1) is 9.61. The minimum absolute atomic E-state index is 0.286. The molecule has 0 aliphatic carbocycles. The number of thiophene rings is 1. The summed E-state index contributed by atoms with van der Waals surface area (Å²) in [6, 6.07) is 9.80. The first kappa shape index (κ1) is 14.6. The van der Waals surface area contributed by atoms with Crippen LogP contribution in [-0.2, 0) is 6.61 Å². The van der Waals surface area contributed by atoms with Crippen LogP contribution in [0.1, 0.15) is 47.0 Å². The Balaban J connectivity index is 2.00. The van der Waals surface area contributed by atoms with Gasteiger partial charge in [0, 0.05) is 5.56 Å². The zero-order valence-electron chi connectivity index (χ0n) is 11.6. The highest BCUT2D eigenvalue weighted by molar-refractivity contribution is 7.12. The number of rotatable bonds is 6. The Morgan fingerprint density at radius 3 is 2.60 bits per heavy atom. The number of carbonyl (C=O) groups is 1. The predicted octanol–water partition coefficient (Wildman–Crippen LogP) is 4.54. The van der Waals surface area contributed by atoms with Gasteiger partial charge < -0.3 is 9.84 Å². The van der Waals surface area contributed by atoms with Gasteiger partial charge in [-0.25, -0.2) is 4.79 Å². The molecule has 1 N–H and O–H groups in total. The van der Waals surface area contributed by atoms with Crippen LogP contribution in [0.2, 0.25) is 0 Å². The first-order valence-corrected chi connectivity index (χ1v) is 7.52. The van der Waals surface area contributed by atoms with Gasteiger partial charge in [0.25, 0.3) is 0 Å². The van der Waals surface area contributed by atoms with Crippen molar-refractivity contribution in [3.8, 4) is 5.75 Å². The van der Waals surface area contributed by atoms with E-state index in [-0.39, 0.29) is 6.61 Å². The lowest BCUT2D eigenvalue weighted by atomic mass is 9.99. The molecule has 0 bridgehead atoms. The number of hydrogen-bond acceptors (Lipinski definition) is 3. The Hall–Kier alpha value is -1.81. The molecular formula is C16H18O3S. The van der Waals surface area contributed by atoms with Crippen molar-refractivity contribution in [1.29, 1.82) is 0 Å². The summed E-state index contributed by atoms with van der Waals surface area (Å²) in [6.45, 7) is 4.65. The van der Waals surface area contributed by atoms with Crippen LogP contribution in [0.4, 0.5) is 0 Å². The van der Waals surface area contributed by atoms with E-state index in [1.165, 1.54) is 16.9 Å². The lowest BCUT2D eigenvalue weighted by Crippen LogP contribution is -2.01. The molecule has 1 atom stereocenters. The highest BCUT2D eigenvalue weighted by atomic mass is 32.1. The van der Waals surface area contributed by atoms with Crippen molar-refractivity contribution in [3.63, 3.8) is 0 Å². The van der Waals surface area contributed by atoms with Crippen molar-refractivity contribution >= 4 is 17.3 Å². The Bertz CT molecular complexity index is 572. The van der Waals surface area contributed by atoms with Crippen molar-refractivity contribution in [3.05, 3.63) is 51.7 Å². The molecule has 0 spiro atoms. The molecule has 0 amide bonds. The fourth-order valence-electron chi connectivity index (χ4n) is 1.93.